The van der Waals surface area contributed by atoms with Gasteiger partial charge >= 0.3 is 0 Å². The van der Waals surface area contributed by atoms with Crippen LogP contribution in [0.4, 0.5) is 0 Å². The summed E-state index contributed by atoms with van der Waals surface area (Å²) in [5.41, 5.74) is 1.68. The Hall–Kier alpha value is -2.89. The largest absolute Gasteiger partial charge is 0.351 e. The first-order valence-electron chi connectivity index (χ1n) is 8.38. The molecule has 2 aromatic rings. The van der Waals surface area contributed by atoms with E-state index in [1.54, 1.807) is 24.0 Å². The van der Waals surface area contributed by atoms with Gasteiger partial charge in [-0.2, -0.15) is 0 Å². The van der Waals surface area contributed by atoms with Crippen molar-refractivity contribution in [1.82, 2.24) is 15.4 Å². The molecule has 1 N–H and O–H groups in total. The molecule has 0 aliphatic carbocycles. The van der Waals surface area contributed by atoms with Crippen LogP contribution in [0.25, 0.3) is 6.08 Å². The monoisotopic (exact) mass is 339 g/mol. The highest BCUT2D eigenvalue weighted by Crippen LogP contribution is 2.13. The van der Waals surface area contributed by atoms with Gasteiger partial charge in [0, 0.05) is 31.3 Å². The highest BCUT2D eigenvalue weighted by Gasteiger charge is 2.24. The Balaban J connectivity index is 1.47. The summed E-state index contributed by atoms with van der Waals surface area (Å²) in [6.45, 7) is 3.02. The summed E-state index contributed by atoms with van der Waals surface area (Å²) in [5.74, 6) is -0.0318. The Bertz CT molecular complexity index is 759. The second-order valence-electron chi connectivity index (χ2n) is 6.15. The number of aromatic nitrogens is 1. The summed E-state index contributed by atoms with van der Waals surface area (Å²) in [7, 11) is 0. The minimum absolute atomic E-state index is 0.000473. The molecule has 2 heterocycles. The molecular formula is C19H21N3O3. The van der Waals surface area contributed by atoms with Crippen molar-refractivity contribution < 1.29 is 14.1 Å². The molecule has 0 spiro atoms. The predicted octanol–water partition coefficient (Wildman–Crippen LogP) is 2.42. The van der Waals surface area contributed by atoms with Crippen LogP contribution in [0.5, 0.6) is 0 Å². The van der Waals surface area contributed by atoms with Crippen molar-refractivity contribution in [2.45, 2.75) is 25.8 Å². The molecule has 6 heteroatoms. The Kier molecular flexibility index (Phi) is 5.28. The molecular weight excluding hydrogens is 318 g/mol. The van der Waals surface area contributed by atoms with Crippen LogP contribution in [0.1, 0.15) is 34.7 Å². The zero-order chi connectivity index (χ0) is 17.6. The molecule has 1 aromatic heterocycles. The van der Waals surface area contributed by atoms with Gasteiger partial charge in [0.1, 0.15) is 0 Å². The number of amides is 2. The number of nitrogens with zero attached hydrogens (tertiary/aromatic N) is 2. The molecule has 0 saturated carbocycles. The minimum Gasteiger partial charge on any atom is -0.351 e. The zero-order valence-electron chi connectivity index (χ0n) is 14.1. The number of carbonyl (C=O) groups excluding carboxylic acids is 2. The SMILES string of the molecule is Cc1cc(C(=O)NC2CCN(C(=O)/C=C\c3ccccc3)CC2)on1. The van der Waals surface area contributed by atoms with Gasteiger partial charge in [-0.1, -0.05) is 35.5 Å². The smallest absolute Gasteiger partial charge is 0.290 e. The standard InChI is InChI=1S/C19H21N3O3/c1-14-13-17(25-21-14)19(24)20-16-9-11-22(12-10-16)18(23)8-7-15-5-3-2-4-6-15/h2-8,13,16H,9-12H2,1H3,(H,20,24)/b8-7-. The fourth-order valence-electron chi connectivity index (χ4n) is 2.81. The van der Waals surface area contributed by atoms with E-state index in [4.69, 9.17) is 4.52 Å². The number of nitrogens with one attached hydrogen (secondary N) is 1. The number of carbonyl (C=O) groups is 2. The van der Waals surface area contributed by atoms with Crippen LogP contribution in [0, 0.1) is 6.92 Å². The number of benzene rings is 1. The first-order chi connectivity index (χ1) is 12.1. The summed E-state index contributed by atoms with van der Waals surface area (Å²) >= 11 is 0. The molecule has 1 aliphatic rings. The van der Waals surface area contributed by atoms with E-state index in [0.717, 1.165) is 18.4 Å². The highest BCUT2D eigenvalue weighted by molar-refractivity contribution is 5.92. The second kappa shape index (κ2) is 7.79. The molecule has 25 heavy (non-hydrogen) atoms. The molecule has 2 amide bonds. The van der Waals surface area contributed by atoms with Gasteiger partial charge < -0.3 is 14.7 Å². The second-order valence-corrected chi connectivity index (χ2v) is 6.15. The van der Waals surface area contributed by atoms with Gasteiger partial charge in [-0.25, -0.2) is 0 Å². The molecule has 0 radical (unpaired) electrons. The Morgan fingerprint density at radius 3 is 2.60 bits per heavy atom. The van der Waals surface area contributed by atoms with Gasteiger partial charge in [0.15, 0.2) is 0 Å². The van der Waals surface area contributed by atoms with Crippen molar-refractivity contribution in [3.05, 3.63) is 59.5 Å². The maximum absolute atomic E-state index is 12.3. The van der Waals surface area contributed by atoms with Crippen LogP contribution < -0.4 is 5.32 Å². The van der Waals surface area contributed by atoms with Crippen molar-refractivity contribution in [3.8, 4) is 0 Å². The Morgan fingerprint density at radius 2 is 1.96 bits per heavy atom. The lowest BCUT2D eigenvalue weighted by atomic mass is 10.0. The van der Waals surface area contributed by atoms with Gasteiger partial charge in [-0.15, -0.1) is 0 Å². The minimum atomic E-state index is -0.255. The van der Waals surface area contributed by atoms with E-state index in [2.05, 4.69) is 10.5 Å². The molecule has 0 atom stereocenters. The Morgan fingerprint density at radius 1 is 1.24 bits per heavy atom. The van der Waals surface area contributed by atoms with Crippen LogP contribution in [-0.2, 0) is 4.79 Å². The van der Waals surface area contributed by atoms with Crippen molar-refractivity contribution in [1.29, 1.82) is 0 Å². The van der Waals surface area contributed by atoms with Crippen molar-refractivity contribution in [2.75, 3.05) is 13.1 Å². The van der Waals surface area contributed by atoms with E-state index in [1.807, 2.05) is 36.4 Å². The first-order valence-corrected chi connectivity index (χ1v) is 8.38. The van der Waals surface area contributed by atoms with Gasteiger partial charge in [0.2, 0.25) is 11.7 Å². The Labute approximate surface area is 146 Å². The van der Waals surface area contributed by atoms with Crippen LogP contribution in [0.3, 0.4) is 0 Å². The molecule has 6 nitrogen and oxygen atoms in total. The lowest BCUT2D eigenvalue weighted by molar-refractivity contribution is -0.127. The van der Waals surface area contributed by atoms with Gasteiger partial charge in [0.05, 0.1) is 5.69 Å². The molecule has 1 fully saturated rings. The van der Waals surface area contributed by atoms with Crippen LogP contribution in [-0.4, -0.2) is 41.0 Å². The van der Waals surface area contributed by atoms with Crippen LogP contribution in [0.2, 0.25) is 0 Å². The normalized spacial score (nSPS) is 15.5. The molecule has 0 unspecified atom stereocenters. The maximum atomic E-state index is 12.3. The van der Waals surface area contributed by atoms with Crippen LogP contribution in [0.15, 0.2) is 47.0 Å². The van der Waals surface area contributed by atoms with Gasteiger partial charge in [0.25, 0.3) is 5.91 Å². The summed E-state index contributed by atoms with van der Waals surface area (Å²) < 4.78 is 4.97. The van der Waals surface area contributed by atoms with E-state index >= 15 is 0 Å². The number of rotatable bonds is 4. The molecule has 3 rings (SSSR count). The van der Waals surface area contributed by atoms with E-state index in [1.165, 1.54) is 0 Å². The summed E-state index contributed by atoms with van der Waals surface area (Å²) in [6.07, 6.45) is 4.88. The number of aryl methyl sites for hydroxylation is 1. The fraction of sp³-hybridized carbons (Fsp3) is 0.316. The van der Waals surface area contributed by atoms with E-state index < -0.39 is 0 Å². The number of hydrogen-bond acceptors (Lipinski definition) is 4. The quantitative estimate of drug-likeness (QED) is 0.868. The average Bonchev–Trinajstić information content (AvgIpc) is 3.08. The molecule has 1 saturated heterocycles. The summed E-state index contributed by atoms with van der Waals surface area (Å²) in [6, 6.07) is 11.4. The molecule has 0 bridgehead atoms. The summed E-state index contributed by atoms with van der Waals surface area (Å²) in [5, 5.41) is 6.65. The van der Waals surface area contributed by atoms with E-state index in [-0.39, 0.29) is 23.6 Å². The van der Waals surface area contributed by atoms with Gasteiger partial charge in [-0.3, -0.25) is 9.59 Å². The fourth-order valence-corrected chi connectivity index (χ4v) is 2.81. The first kappa shape index (κ1) is 17.0. The zero-order valence-corrected chi connectivity index (χ0v) is 14.1. The average molecular weight is 339 g/mol. The third-order valence-corrected chi connectivity index (χ3v) is 4.21. The van der Waals surface area contributed by atoms with Crippen molar-refractivity contribution in [2.24, 2.45) is 0 Å². The molecule has 1 aromatic carbocycles. The number of likely N-dealkylation sites (tertiary alicyclic amines) is 1. The topological polar surface area (TPSA) is 75.4 Å². The highest BCUT2D eigenvalue weighted by atomic mass is 16.5. The lowest BCUT2D eigenvalue weighted by Crippen LogP contribution is -2.46. The van der Waals surface area contributed by atoms with Gasteiger partial charge in [-0.05, 0) is 31.4 Å². The predicted molar refractivity (Wildman–Crippen MR) is 93.8 cm³/mol. The lowest BCUT2D eigenvalue weighted by Gasteiger charge is -2.31. The maximum Gasteiger partial charge on any atom is 0.290 e. The van der Waals surface area contributed by atoms with Crippen molar-refractivity contribution in [3.63, 3.8) is 0 Å². The van der Waals surface area contributed by atoms with E-state index in [0.29, 0.717) is 18.8 Å². The molecule has 130 valence electrons. The van der Waals surface area contributed by atoms with E-state index in [9.17, 15) is 9.59 Å². The molecule has 1 aliphatic heterocycles. The van der Waals surface area contributed by atoms with Crippen molar-refractivity contribution >= 4 is 17.9 Å². The third-order valence-electron chi connectivity index (χ3n) is 4.21. The third kappa shape index (κ3) is 4.56. The summed E-state index contributed by atoms with van der Waals surface area (Å²) in [4.78, 5) is 26.1. The number of hydrogen-bond donors (Lipinski definition) is 1. The van der Waals surface area contributed by atoms with Crippen LogP contribution >= 0.6 is 0 Å². The number of piperidine rings is 1.